The van der Waals surface area contributed by atoms with Crippen molar-refractivity contribution in [3.8, 4) is 0 Å². The molecule has 0 bridgehead atoms. The molecule has 3 aromatic rings. The van der Waals surface area contributed by atoms with Crippen LogP contribution in [0.15, 0.2) is 66.7 Å². The van der Waals surface area contributed by atoms with Crippen LogP contribution in [-0.4, -0.2) is 28.9 Å². The summed E-state index contributed by atoms with van der Waals surface area (Å²) >= 11 is 0. The summed E-state index contributed by atoms with van der Waals surface area (Å²) in [6.45, 7) is 3.33. The number of aryl methyl sites for hydroxylation is 1. The largest absolute Gasteiger partial charge is 0.355 e. The van der Waals surface area contributed by atoms with Crippen LogP contribution in [0.3, 0.4) is 0 Å². The molecule has 2 aromatic carbocycles. The number of nitrogens with zero attached hydrogens (tertiary/aromatic N) is 2. The molecule has 1 N–H and O–H groups in total. The summed E-state index contributed by atoms with van der Waals surface area (Å²) in [6.07, 6.45) is 0.883. The number of aromatic nitrogens is 1. The van der Waals surface area contributed by atoms with Gasteiger partial charge >= 0.3 is 0 Å². The van der Waals surface area contributed by atoms with E-state index in [-0.39, 0.29) is 17.6 Å². The Morgan fingerprint density at radius 1 is 1.07 bits per heavy atom. The van der Waals surface area contributed by atoms with E-state index >= 15 is 0 Å². The van der Waals surface area contributed by atoms with Crippen molar-refractivity contribution in [2.24, 2.45) is 0 Å². The lowest BCUT2D eigenvalue weighted by atomic mass is 10.0. The molecule has 1 saturated heterocycles. The second kappa shape index (κ2) is 7.80. The third-order valence-corrected chi connectivity index (χ3v) is 5.00. The van der Waals surface area contributed by atoms with Crippen LogP contribution in [-0.2, 0) is 0 Å². The third kappa shape index (κ3) is 4.03. The molecule has 1 aliphatic rings. The summed E-state index contributed by atoms with van der Waals surface area (Å²) in [5.41, 5.74) is 4.14. The molecular formula is C23H22FN3O. The quantitative estimate of drug-likeness (QED) is 0.705. The maximum absolute atomic E-state index is 13.4. The van der Waals surface area contributed by atoms with Crippen molar-refractivity contribution in [3.05, 3.63) is 89.5 Å². The van der Waals surface area contributed by atoms with Gasteiger partial charge in [-0.3, -0.25) is 9.78 Å². The van der Waals surface area contributed by atoms with Gasteiger partial charge in [-0.2, -0.15) is 0 Å². The SMILES string of the molecule is Cc1cc(Nc2cccc(F)c2)cc(C2CCN(C(=O)c3ccccc3)C2)n1. The van der Waals surface area contributed by atoms with Crippen LogP contribution in [0.4, 0.5) is 15.8 Å². The van der Waals surface area contributed by atoms with Crippen molar-refractivity contribution in [1.29, 1.82) is 0 Å². The predicted octanol–water partition coefficient (Wildman–Crippen LogP) is 4.90. The fraction of sp³-hybridized carbons (Fsp3) is 0.217. The van der Waals surface area contributed by atoms with Gasteiger partial charge in [-0.05, 0) is 55.8 Å². The highest BCUT2D eigenvalue weighted by Gasteiger charge is 2.29. The number of rotatable bonds is 4. The van der Waals surface area contributed by atoms with Gasteiger partial charge in [0.2, 0.25) is 0 Å². The zero-order chi connectivity index (χ0) is 19.5. The second-order valence-electron chi connectivity index (χ2n) is 7.16. The van der Waals surface area contributed by atoms with Crippen molar-refractivity contribution in [1.82, 2.24) is 9.88 Å². The van der Waals surface area contributed by atoms with E-state index < -0.39 is 0 Å². The number of nitrogens with one attached hydrogen (secondary N) is 1. The number of hydrogen-bond donors (Lipinski definition) is 1. The van der Waals surface area contributed by atoms with E-state index in [0.717, 1.165) is 30.0 Å². The lowest BCUT2D eigenvalue weighted by Crippen LogP contribution is -2.28. The normalized spacial score (nSPS) is 16.2. The number of benzene rings is 2. The maximum atomic E-state index is 13.4. The Labute approximate surface area is 164 Å². The molecule has 0 radical (unpaired) electrons. The van der Waals surface area contributed by atoms with E-state index in [0.29, 0.717) is 17.8 Å². The molecule has 1 amide bonds. The minimum Gasteiger partial charge on any atom is -0.355 e. The Morgan fingerprint density at radius 3 is 2.68 bits per heavy atom. The summed E-state index contributed by atoms with van der Waals surface area (Å²) in [6, 6.07) is 19.7. The average Bonchev–Trinajstić information content (AvgIpc) is 3.18. The fourth-order valence-electron chi connectivity index (χ4n) is 3.66. The second-order valence-corrected chi connectivity index (χ2v) is 7.16. The highest BCUT2D eigenvalue weighted by molar-refractivity contribution is 5.94. The molecule has 0 saturated carbocycles. The lowest BCUT2D eigenvalue weighted by molar-refractivity contribution is 0.0790. The molecule has 2 heterocycles. The molecule has 1 aromatic heterocycles. The smallest absolute Gasteiger partial charge is 0.253 e. The number of amides is 1. The van der Waals surface area contributed by atoms with E-state index in [1.165, 1.54) is 12.1 Å². The predicted molar refractivity (Wildman–Crippen MR) is 108 cm³/mol. The van der Waals surface area contributed by atoms with Gasteiger partial charge in [0.1, 0.15) is 5.82 Å². The summed E-state index contributed by atoms with van der Waals surface area (Å²) in [7, 11) is 0. The van der Waals surface area contributed by atoms with Crippen LogP contribution in [0, 0.1) is 12.7 Å². The van der Waals surface area contributed by atoms with Crippen LogP contribution >= 0.6 is 0 Å². The minimum atomic E-state index is -0.276. The van der Waals surface area contributed by atoms with Crippen LogP contribution in [0.25, 0.3) is 0 Å². The average molecular weight is 375 g/mol. The number of likely N-dealkylation sites (tertiary alicyclic amines) is 1. The minimum absolute atomic E-state index is 0.0638. The van der Waals surface area contributed by atoms with Crippen molar-refractivity contribution in [2.75, 3.05) is 18.4 Å². The highest BCUT2D eigenvalue weighted by Crippen LogP contribution is 2.30. The Kier molecular flexibility index (Phi) is 5.06. The number of halogens is 1. The zero-order valence-electron chi connectivity index (χ0n) is 15.7. The summed E-state index contributed by atoms with van der Waals surface area (Å²) < 4.78 is 13.4. The Bertz CT molecular complexity index is 990. The van der Waals surface area contributed by atoms with Gasteiger partial charge < -0.3 is 10.2 Å². The highest BCUT2D eigenvalue weighted by atomic mass is 19.1. The summed E-state index contributed by atoms with van der Waals surface area (Å²) in [5, 5.41) is 3.25. The van der Waals surface area contributed by atoms with E-state index in [9.17, 15) is 9.18 Å². The Balaban J connectivity index is 1.50. The first-order valence-electron chi connectivity index (χ1n) is 9.44. The number of carbonyl (C=O) groups is 1. The molecule has 1 aliphatic heterocycles. The van der Waals surface area contributed by atoms with Gasteiger partial charge in [-0.25, -0.2) is 4.39 Å². The number of carbonyl (C=O) groups excluding carboxylic acids is 1. The van der Waals surface area contributed by atoms with Gasteiger partial charge in [-0.15, -0.1) is 0 Å². The van der Waals surface area contributed by atoms with Crippen LogP contribution in [0.1, 0.15) is 34.1 Å². The van der Waals surface area contributed by atoms with E-state index in [1.54, 1.807) is 6.07 Å². The molecule has 0 spiro atoms. The van der Waals surface area contributed by atoms with E-state index in [2.05, 4.69) is 10.3 Å². The molecule has 4 rings (SSSR count). The zero-order valence-corrected chi connectivity index (χ0v) is 15.7. The van der Waals surface area contributed by atoms with Crippen molar-refractivity contribution < 1.29 is 9.18 Å². The van der Waals surface area contributed by atoms with Gasteiger partial charge in [-0.1, -0.05) is 24.3 Å². The first kappa shape index (κ1) is 18.2. The molecule has 0 aliphatic carbocycles. The Morgan fingerprint density at radius 2 is 1.89 bits per heavy atom. The summed E-state index contributed by atoms with van der Waals surface area (Å²) in [5.74, 6) is -0.0173. The molecule has 1 atom stereocenters. The summed E-state index contributed by atoms with van der Waals surface area (Å²) in [4.78, 5) is 19.3. The van der Waals surface area contributed by atoms with Gasteiger partial charge in [0.05, 0.1) is 0 Å². The molecule has 5 heteroatoms. The molecule has 142 valence electrons. The standard InChI is InChI=1S/C23H22FN3O/c1-16-12-21(26-20-9-5-8-19(24)13-20)14-22(25-16)18-10-11-27(15-18)23(28)17-6-3-2-4-7-17/h2-9,12-14,18H,10-11,15H2,1H3,(H,25,26). The molecule has 4 nitrogen and oxygen atoms in total. The third-order valence-electron chi connectivity index (χ3n) is 5.00. The van der Waals surface area contributed by atoms with E-state index in [1.807, 2.05) is 60.4 Å². The maximum Gasteiger partial charge on any atom is 0.253 e. The Hall–Kier alpha value is -3.21. The number of pyridine rings is 1. The van der Waals surface area contributed by atoms with Gasteiger partial charge in [0.25, 0.3) is 5.91 Å². The topological polar surface area (TPSA) is 45.2 Å². The van der Waals surface area contributed by atoms with Crippen LogP contribution < -0.4 is 5.32 Å². The lowest BCUT2D eigenvalue weighted by Gasteiger charge is -2.17. The molecule has 28 heavy (non-hydrogen) atoms. The van der Waals surface area contributed by atoms with Gasteiger partial charge in [0, 0.05) is 47.3 Å². The number of anilines is 2. The van der Waals surface area contributed by atoms with Crippen LogP contribution in [0.2, 0.25) is 0 Å². The monoisotopic (exact) mass is 375 g/mol. The molecular weight excluding hydrogens is 353 g/mol. The van der Waals surface area contributed by atoms with Gasteiger partial charge in [0.15, 0.2) is 0 Å². The van der Waals surface area contributed by atoms with Crippen molar-refractivity contribution in [2.45, 2.75) is 19.3 Å². The first-order valence-corrected chi connectivity index (χ1v) is 9.44. The fourth-order valence-corrected chi connectivity index (χ4v) is 3.66. The number of hydrogen-bond acceptors (Lipinski definition) is 3. The van der Waals surface area contributed by atoms with Crippen LogP contribution in [0.5, 0.6) is 0 Å². The van der Waals surface area contributed by atoms with E-state index in [4.69, 9.17) is 0 Å². The van der Waals surface area contributed by atoms with Crippen molar-refractivity contribution in [3.63, 3.8) is 0 Å². The van der Waals surface area contributed by atoms with Crippen molar-refractivity contribution >= 4 is 17.3 Å². The first-order chi connectivity index (χ1) is 13.6. The molecule has 1 fully saturated rings. The molecule has 1 unspecified atom stereocenters.